The zero-order valence-corrected chi connectivity index (χ0v) is 13.6. The van der Waals surface area contributed by atoms with E-state index in [0.29, 0.717) is 18.0 Å². The Kier molecular flexibility index (Phi) is 3.71. The number of ketones is 1. The first-order valence-electron chi connectivity index (χ1n) is 8.74. The van der Waals surface area contributed by atoms with Gasteiger partial charge in [-0.25, -0.2) is 4.39 Å². The lowest BCUT2D eigenvalue weighted by Gasteiger charge is -2.45. The molecule has 1 saturated heterocycles. The molecule has 128 valence electrons. The predicted molar refractivity (Wildman–Crippen MR) is 86.0 cm³/mol. The average Bonchev–Trinajstić information content (AvgIpc) is 3.16. The minimum Gasteiger partial charge on any atom is -0.374 e. The van der Waals surface area contributed by atoms with Crippen LogP contribution in [0.3, 0.4) is 0 Å². The van der Waals surface area contributed by atoms with Gasteiger partial charge in [0.25, 0.3) is 0 Å². The van der Waals surface area contributed by atoms with Crippen molar-refractivity contribution in [3.05, 3.63) is 35.6 Å². The summed E-state index contributed by atoms with van der Waals surface area (Å²) >= 11 is 0. The summed E-state index contributed by atoms with van der Waals surface area (Å²) in [7, 11) is 0. The zero-order valence-electron chi connectivity index (χ0n) is 13.6. The van der Waals surface area contributed by atoms with E-state index >= 15 is 0 Å². The number of halogens is 1. The fourth-order valence-electron chi connectivity index (χ4n) is 4.46. The minimum atomic E-state index is -0.434. The molecule has 1 aromatic carbocycles. The van der Waals surface area contributed by atoms with Crippen LogP contribution in [0.5, 0.6) is 0 Å². The third kappa shape index (κ3) is 2.46. The molecule has 3 aliphatic rings. The summed E-state index contributed by atoms with van der Waals surface area (Å²) in [6, 6.07) is 5.60. The van der Waals surface area contributed by atoms with Crippen molar-refractivity contribution >= 4 is 11.7 Å². The average molecular weight is 331 g/mol. The SMILES string of the molecule is O=C(CCC(=O)c1cccc(F)c1)NC[C@]12C[C@H]1COC21CCC1. The number of hydrogen-bond acceptors (Lipinski definition) is 3. The van der Waals surface area contributed by atoms with Crippen LogP contribution < -0.4 is 5.32 Å². The van der Waals surface area contributed by atoms with Gasteiger partial charge in [0.2, 0.25) is 5.91 Å². The van der Waals surface area contributed by atoms with E-state index in [9.17, 15) is 14.0 Å². The summed E-state index contributed by atoms with van der Waals surface area (Å²) in [6.07, 6.45) is 4.83. The lowest BCUT2D eigenvalue weighted by molar-refractivity contribution is -0.125. The lowest BCUT2D eigenvalue weighted by Crippen LogP contribution is -2.50. The molecule has 4 nitrogen and oxygen atoms in total. The fourth-order valence-corrected chi connectivity index (χ4v) is 4.46. The van der Waals surface area contributed by atoms with Gasteiger partial charge in [0.15, 0.2) is 5.78 Å². The maximum absolute atomic E-state index is 13.1. The summed E-state index contributed by atoms with van der Waals surface area (Å²) in [6.45, 7) is 1.48. The third-order valence-corrected chi connectivity index (χ3v) is 6.19. The lowest BCUT2D eigenvalue weighted by atomic mass is 9.68. The van der Waals surface area contributed by atoms with Crippen molar-refractivity contribution in [2.24, 2.45) is 11.3 Å². The number of nitrogens with one attached hydrogen (secondary N) is 1. The van der Waals surface area contributed by atoms with Crippen LogP contribution in [-0.2, 0) is 9.53 Å². The first kappa shape index (κ1) is 15.8. The van der Waals surface area contributed by atoms with E-state index in [4.69, 9.17) is 4.74 Å². The Morgan fingerprint density at radius 3 is 2.79 bits per heavy atom. The number of ether oxygens (including phenoxy) is 1. The highest BCUT2D eigenvalue weighted by molar-refractivity contribution is 5.97. The topological polar surface area (TPSA) is 55.4 Å². The van der Waals surface area contributed by atoms with Gasteiger partial charge in [-0.3, -0.25) is 9.59 Å². The second-order valence-corrected chi connectivity index (χ2v) is 7.43. The van der Waals surface area contributed by atoms with Gasteiger partial charge in [-0.05, 0) is 43.7 Å². The van der Waals surface area contributed by atoms with E-state index in [1.807, 2.05) is 0 Å². The first-order chi connectivity index (χ1) is 11.5. The molecule has 2 aliphatic carbocycles. The standard InChI is InChI=1S/C19H22FNO3/c20-15-4-1-3-13(9-15)16(22)5-6-17(23)21-12-18-10-14(18)11-24-19(18)7-2-8-19/h1,3-4,9,14H,2,5-8,10-12H2,(H,21,23)/t14-,18+/m0/s1. The molecular weight excluding hydrogens is 309 g/mol. The van der Waals surface area contributed by atoms with Gasteiger partial charge in [-0.1, -0.05) is 12.1 Å². The second-order valence-electron chi connectivity index (χ2n) is 7.43. The zero-order chi connectivity index (χ0) is 16.8. The van der Waals surface area contributed by atoms with Gasteiger partial charge < -0.3 is 10.1 Å². The van der Waals surface area contributed by atoms with Crippen molar-refractivity contribution in [2.45, 2.75) is 44.1 Å². The van der Waals surface area contributed by atoms with Crippen LogP contribution in [0.2, 0.25) is 0 Å². The molecule has 3 fully saturated rings. The van der Waals surface area contributed by atoms with Gasteiger partial charge >= 0.3 is 0 Å². The molecule has 4 rings (SSSR count). The molecule has 1 N–H and O–H groups in total. The maximum atomic E-state index is 13.1. The summed E-state index contributed by atoms with van der Waals surface area (Å²) < 4.78 is 19.1. The Hall–Kier alpha value is -1.75. The van der Waals surface area contributed by atoms with E-state index in [2.05, 4.69) is 5.32 Å². The van der Waals surface area contributed by atoms with Crippen LogP contribution in [0.25, 0.3) is 0 Å². The molecular formula is C19H22FNO3. The summed E-state index contributed by atoms with van der Waals surface area (Å²) in [5.74, 6) is -0.156. The molecule has 1 amide bonds. The summed E-state index contributed by atoms with van der Waals surface area (Å²) in [5.41, 5.74) is 0.483. The van der Waals surface area contributed by atoms with Crippen LogP contribution in [0.15, 0.2) is 24.3 Å². The second kappa shape index (κ2) is 5.66. The highest BCUT2D eigenvalue weighted by atomic mass is 19.1. The number of benzene rings is 1. The molecule has 1 aromatic rings. The molecule has 0 bridgehead atoms. The van der Waals surface area contributed by atoms with Crippen molar-refractivity contribution in [2.75, 3.05) is 13.2 Å². The van der Waals surface area contributed by atoms with Crippen molar-refractivity contribution in [1.82, 2.24) is 5.32 Å². The molecule has 1 aliphatic heterocycles. The fraction of sp³-hybridized carbons (Fsp3) is 0.579. The normalized spacial score (nSPS) is 29.0. The molecule has 2 atom stereocenters. The Labute approximate surface area is 140 Å². The Balaban J connectivity index is 1.27. The van der Waals surface area contributed by atoms with Crippen molar-refractivity contribution in [3.63, 3.8) is 0 Å². The molecule has 0 aromatic heterocycles. The third-order valence-electron chi connectivity index (χ3n) is 6.19. The van der Waals surface area contributed by atoms with E-state index < -0.39 is 5.82 Å². The summed E-state index contributed by atoms with van der Waals surface area (Å²) in [5, 5.41) is 3.00. The Morgan fingerprint density at radius 2 is 2.12 bits per heavy atom. The van der Waals surface area contributed by atoms with Crippen LogP contribution in [0, 0.1) is 17.2 Å². The first-order valence-corrected chi connectivity index (χ1v) is 8.74. The van der Waals surface area contributed by atoms with Crippen LogP contribution in [-0.4, -0.2) is 30.4 Å². The molecule has 0 radical (unpaired) electrons. The van der Waals surface area contributed by atoms with Crippen molar-refractivity contribution in [3.8, 4) is 0 Å². The van der Waals surface area contributed by atoms with Gasteiger partial charge in [-0.2, -0.15) is 0 Å². The highest BCUT2D eigenvalue weighted by Crippen LogP contribution is 2.70. The smallest absolute Gasteiger partial charge is 0.220 e. The number of amides is 1. The van der Waals surface area contributed by atoms with Crippen molar-refractivity contribution < 1.29 is 18.7 Å². The largest absolute Gasteiger partial charge is 0.374 e. The van der Waals surface area contributed by atoms with E-state index in [1.165, 1.54) is 24.6 Å². The summed E-state index contributed by atoms with van der Waals surface area (Å²) in [4.78, 5) is 24.1. The Morgan fingerprint density at radius 1 is 1.29 bits per heavy atom. The monoisotopic (exact) mass is 331 g/mol. The number of fused-ring (bicyclic) bond motifs is 2. The quantitative estimate of drug-likeness (QED) is 0.816. The molecule has 2 saturated carbocycles. The number of carbonyl (C=O) groups excluding carboxylic acids is 2. The predicted octanol–water partition coefficient (Wildman–Crippen LogP) is 2.86. The van der Waals surface area contributed by atoms with Crippen LogP contribution >= 0.6 is 0 Å². The minimum absolute atomic E-state index is 0.0162. The van der Waals surface area contributed by atoms with E-state index in [0.717, 1.165) is 25.9 Å². The number of rotatable bonds is 6. The molecule has 0 unspecified atom stereocenters. The van der Waals surface area contributed by atoms with Gasteiger partial charge in [0.1, 0.15) is 5.82 Å². The highest BCUT2D eigenvalue weighted by Gasteiger charge is 2.73. The number of carbonyl (C=O) groups is 2. The molecule has 24 heavy (non-hydrogen) atoms. The van der Waals surface area contributed by atoms with E-state index in [-0.39, 0.29) is 35.5 Å². The van der Waals surface area contributed by atoms with Crippen LogP contribution in [0.1, 0.15) is 48.9 Å². The van der Waals surface area contributed by atoms with Gasteiger partial charge in [-0.15, -0.1) is 0 Å². The maximum Gasteiger partial charge on any atom is 0.220 e. The molecule has 1 heterocycles. The number of hydrogen-bond donors (Lipinski definition) is 1. The molecule has 5 heteroatoms. The van der Waals surface area contributed by atoms with Gasteiger partial charge in [0.05, 0.1) is 12.2 Å². The Bertz CT molecular complexity index is 685. The van der Waals surface area contributed by atoms with Crippen molar-refractivity contribution in [1.29, 1.82) is 0 Å². The molecule has 1 spiro atoms. The number of Topliss-reactive ketones (excluding diaryl/α,β-unsaturated/α-hetero) is 1. The van der Waals surface area contributed by atoms with Gasteiger partial charge in [0, 0.05) is 30.4 Å². The van der Waals surface area contributed by atoms with E-state index in [1.54, 1.807) is 6.07 Å². The van der Waals surface area contributed by atoms with Crippen LogP contribution in [0.4, 0.5) is 4.39 Å².